The van der Waals surface area contributed by atoms with Gasteiger partial charge in [0.05, 0.1) is 19.8 Å². The van der Waals surface area contributed by atoms with Crippen molar-refractivity contribution in [1.29, 1.82) is 0 Å². The molecule has 7 heteroatoms. The number of nitrogens with zero attached hydrogens (tertiary/aromatic N) is 1. The van der Waals surface area contributed by atoms with E-state index in [1.54, 1.807) is 6.07 Å². The minimum Gasteiger partial charge on any atom is -0.497 e. The van der Waals surface area contributed by atoms with Crippen molar-refractivity contribution in [2.24, 2.45) is 5.18 Å². The molecule has 0 aliphatic rings. The highest BCUT2D eigenvalue weighted by molar-refractivity contribution is 6.04. The highest BCUT2D eigenvalue weighted by Gasteiger charge is 2.20. The average Bonchev–Trinajstić information content (AvgIpc) is 2.60. The third-order valence-electron chi connectivity index (χ3n) is 3.00. The fraction of sp³-hybridized carbons (Fsp3) is 0.125. The lowest BCUT2D eigenvalue weighted by Crippen LogP contribution is -2.13. The van der Waals surface area contributed by atoms with Crippen molar-refractivity contribution in [3.63, 3.8) is 0 Å². The number of carbonyl (C=O) groups is 2. The lowest BCUT2D eigenvalue weighted by Gasteiger charge is -2.09. The molecule has 0 bridgehead atoms. The first-order valence-corrected chi connectivity index (χ1v) is 6.51. The van der Waals surface area contributed by atoms with Crippen LogP contribution in [0.1, 0.15) is 20.7 Å². The Balaban J connectivity index is 2.24. The molecule has 0 saturated carbocycles. The number of carbonyl (C=O) groups excluding carboxylic acids is 2. The van der Waals surface area contributed by atoms with Crippen LogP contribution in [0, 0.1) is 4.91 Å². The van der Waals surface area contributed by atoms with Crippen LogP contribution in [0.25, 0.3) is 0 Å². The van der Waals surface area contributed by atoms with E-state index in [1.165, 1.54) is 50.6 Å². The molecule has 0 heterocycles. The second kappa shape index (κ2) is 7.17. The Morgan fingerprint density at radius 1 is 0.957 bits per heavy atom. The molecule has 0 amide bonds. The SMILES string of the molecule is COc1ccc(OC)c(C(=O)OC(=O)c2cccc(N=O)c2)c1. The normalized spacial score (nSPS) is 9.83. The van der Waals surface area contributed by atoms with Crippen molar-refractivity contribution in [2.75, 3.05) is 14.2 Å². The minimum absolute atomic E-state index is 0.0392. The van der Waals surface area contributed by atoms with Crippen molar-refractivity contribution in [1.82, 2.24) is 0 Å². The Morgan fingerprint density at radius 3 is 2.39 bits per heavy atom. The van der Waals surface area contributed by atoms with E-state index < -0.39 is 11.9 Å². The number of esters is 2. The number of nitroso groups, excluding NO2 is 1. The maximum absolute atomic E-state index is 12.2. The Morgan fingerprint density at radius 2 is 1.74 bits per heavy atom. The average molecular weight is 315 g/mol. The van der Waals surface area contributed by atoms with Gasteiger partial charge in [0.25, 0.3) is 0 Å². The second-order valence-corrected chi connectivity index (χ2v) is 4.38. The van der Waals surface area contributed by atoms with E-state index in [9.17, 15) is 14.5 Å². The molecule has 0 saturated heterocycles. The Hall–Kier alpha value is -3.22. The van der Waals surface area contributed by atoms with Crippen LogP contribution in [0.5, 0.6) is 11.5 Å². The van der Waals surface area contributed by atoms with E-state index in [0.29, 0.717) is 5.75 Å². The summed E-state index contributed by atoms with van der Waals surface area (Å²) in [4.78, 5) is 34.6. The van der Waals surface area contributed by atoms with Crippen LogP contribution in [-0.4, -0.2) is 26.2 Å². The first-order chi connectivity index (χ1) is 11.1. The van der Waals surface area contributed by atoms with Gasteiger partial charge in [-0.05, 0) is 41.6 Å². The highest BCUT2D eigenvalue weighted by atomic mass is 16.6. The van der Waals surface area contributed by atoms with Gasteiger partial charge in [0.15, 0.2) is 0 Å². The molecule has 0 aliphatic carbocycles. The van der Waals surface area contributed by atoms with Gasteiger partial charge in [-0.1, -0.05) is 6.07 Å². The summed E-state index contributed by atoms with van der Waals surface area (Å²) in [5.74, 6) is -1.13. The molecule has 23 heavy (non-hydrogen) atoms. The Kier molecular flexibility index (Phi) is 5.03. The first kappa shape index (κ1) is 16.2. The van der Waals surface area contributed by atoms with Crippen LogP contribution in [0.3, 0.4) is 0 Å². The van der Waals surface area contributed by atoms with E-state index in [-0.39, 0.29) is 22.6 Å². The molecular weight excluding hydrogens is 302 g/mol. The van der Waals surface area contributed by atoms with E-state index in [1.807, 2.05) is 0 Å². The number of benzene rings is 2. The lowest BCUT2D eigenvalue weighted by molar-refractivity contribution is 0.0395. The summed E-state index contributed by atoms with van der Waals surface area (Å²) in [6, 6.07) is 10.1. The number of hydrogen-bond acceptors (Lipinski definition) is 7. The molecule has 0 spiro atoms. The van der Waals surface area contributed by atoms with Crippen molar-refractivity contribution in [2.45, 2.75) is 0 Å². The molecule has 0 N–H and O–H groups in total. The third kappa shape index (κ3) is 3.70. The maximum atomic E-state index is 12.2. The quantitative estimate of drug-likeness (QED) is 0.478. The number of methoxy groups -OCH3 is 2. The van der Waals surface area contributed by atoms with Crippen LogP contribution in [0.2, 0.25) is 0 Å². The molecule has 0 fully saturated rings. The van der Waals surface area contributed by atoms with Crippen LogP contribution in [0.15, 0.2) is 47.6 Å². The molecule has 0 atom stereocenters. The van der Waals surface area contributed by atoms with Gasteiger partial charge in [0.2, 0.25) is 0 Å². The van der Waals surface area contributed by atoms with E-state index in [4.69, 9.17) is 14.2 Å². The van der Waals surface area contributed by atoms with Gasteiger partial charge in [-0.3, -0.25) is 0 Å². The summed E-state index contributed by atoms with van der Waals surface area (Å²) in [7, 11) is 2.83. The topological polar surface area (TPSA) is 91.3 Å². The van der Waals surface area contributed by atoms with E-state index in [0.717, 1.165) is 0 Å². The van der Waals surface area contributed by atoms with Crippen molar-refractivity contribution < 1.29 is 23.8 Å². The lowest BCUT2D eigenvalue weighted by atomic mass is 10.2. The molecule has 2 aromatic carbocycles. The van der Waals surface area contributed by atoms with Crippen molar-refractivity contribution in [3.05, 3.63) is 58.5 Å². The van der Waals surface area contributed by atoms with Gasteiger partial charge in [-0.15, -0.1) is 4.91 Å². The largest absolute Gasteiger partial charge is 0.497 e. The monoisotopic (exact) mass is 315 g/mol. The first-order valence-electron chi connectivity index (χ1n) is 6.51. The van der Waals surface area contributed by atoms with Crippen LogP contribution < -0.4 is 9.47 Å². The van der Waals surface area contributed by atoms with E-state index in [2.05, 4.69) is 5.18 Å². The smallest absolute Gasteiger partial charge is 0.349 e. The fourth-order valence-corrected chi connectivity index (χ4v) is 1.86. The van der Waals surface area contributed by atoms with Gasteiger partial charge in [0.1, 0.15) is 22.7 Å². The maximum Gasteiger partial charge on any atom is 0.349 e. The fourth-order valence-electron chi connectivity index (χ4n) is 1.86. The molecule has 0 aliphatic heterocycles. The summed E-state index contributed by atoms with van der Waals surface area (Å²) < 4.78 is 14.9. The number of ether oxygens (including phenoxy) is 3. The molecule has 0 unspecified atom stereocenters. The standard InChI is InChI=1S/C16H13NO6/c1-21-12-6-7-14(22-2)13(9-12)16(19)23-15(18)10-4-3-5-11(8-10)17-20/h3-9H,1-2H3. The van der Waals surface area contributed by atoms with Gasteiger partial charge in [-0.2, -0.15) is 0 Å². The molecule has 0 radical (unpaired) electrons. The molecule has 2 rings (SSSR count). The molecule has 7 nitrogen and oxygen atoms in total. The summed E-state index contributed by atoms with van der Waals surface area (Å²) in [6.07, 6.45) is 0. The minimum atomic E-state index is -0.898. The van der Waals surface area contributed by atoms with Gasteiger partial charge < -0.3 is 14.2 Å². The zero-order valence-electron chi connectivity index (χ0n) is 12.4. The Labute approximate surface area is 131 Å². The number of rotatable bonds is 5. The summed E-state index contributed by atoms with van der Waals surface area (Å²) in [5.41, 5.74) is 0.146. The molecule has 118 valence electrons. The van der Waals surface area contributed by atoms with Gasteiger partial charge >= 0.3 is 11.9 Å². The second-order valence-electron chi connectivity index (χ2n) is 4.38. The van der Waals surface area contributed by atoms with Crippen LogP contribution >= 0.6 is 0 Å². The van der Waals surface area contributed by atoms with Gasteiger partial charge in [0, 0.05) is 0 Å². The highest BCUT2D eigenvalue weighted by Crippen LogP contribution is 2.25. The van der Waals surface area contributed by atoms with Crippen molar-refractivity contribution in [3.8, 4) is 11.5 Å². The molecule has 0 aromatic heterocycles. The van der Waals surface area contributed by atoms with Gasteiger partial charge in [-0.25, -0.2) is 9.59 Å². The predicted molar refractivity (Wildman–Crippen MR) is 81.2 cm³/mol. The summed E-state index contributed by atoms with van der Waals surface area (Å²) in [6.45, 7) is 0. The van der Waals surface area contributed by atoms with Crippen molar-refractivity contribution >= 4 is 17.6 Å². The van der Waals surface area contributed by atoms with Crippen LogP contribution in [-0.2, 0) is 4.74 Å². The third-order valence-corrected chi connectivity index (χ3v) is 3.00. The zero-order chi connectivity index (χ0) is 16.8. The predicted octanol–water partition coefficient (Wildman–Crippen LogP) is 3.10. The summed E-state index contributed by atoms with van der Waals surface area (Å²) >= 11 is 0. The Bertz CT molecular complexity index is 756. The molecule has 2 aromatic rings. The zero-order valence-corrected chi connectivity index (χ0v) is 12.4. The van der Waals surface area contributed by atoms with Crippen LogP contribution in [0.4, 0.5) is 5.69 Å². The summed E-state index contributed by atoms with van der Waals surface area (Å²) in [5, 5.41) is 2.72. The molecular formula is C16H13NO6. The number of hydrogen-bond donors (Lipinski definition) is 0. The van der Waals surface area contributed by atoms with E-state index >= 15 is 0 Å².